The number of nitrogens with zero attached hydrogens (tertiary/aromatic N) is 2. The fraction of sp³-hybridized carbons (Fsp3) is 0.125. The summed E-state index contributed by atoms with van der Waals surface area (Å²) in [6, 6.07) is 13.3. The third kappa shape index (κ3) is 2.28. The quantitative estimate of drug-likeness (QED) is 0.773. The minimum atomic E-state index is -0.100. The van der Waals surface area contributed by atoms with Crippen molar-refractivity contribution in [3.63, 3.8) is 0 Å². The lowest BCUT2D eigenvalue weighted by atomic mass is 10.1. The van der Waals surface area contributed by atoms with Crippen molar-refractivity contribution in [2.24, 2.45) is 7.05 Å². The van der Waals surface area contributed by atoms with Gasteiger partial charge in [0.15, 0.2) is 0 Å². The molecule has 0 aliphatic heterocycles. The van der Waals surface area contributed by atoms with Crippen LogP contribution in [0.5, 0.6) is 0 Å². The molecule has 1 aromatic heterocycles. The van der Waals surface area contributed by atoms with Crippen LogP contribution in [-0.4, -0.2) is 15.7 Å². The number of rotatable bonds is 2. The number of anilines is 1. The van der Waals surface area contributed by atoms with Gasteiger partial charge in [-0.1, -0.05) is 17.7 Å². The van der Waals surface area contributed by atoms with Gasteiger partial charge in [0.25, 0.3) is 5.91 Å². The summed E-state index contributed by atoms with van der Waals surface area (Å²) in [5, 5.41) is 8.11. The molecule has 0 atom stereocenters. The van der Waals surface area contributed by atoms with Crippen molar-refractivity contribution >= 4 is 22.5 Å². The first kappa shape index (κ1) is 12.4. The largest absolute Gasteiger partial charge is 0.322 e. The number of hydrogen-bond donors (Lipinski definition) is 1. The number of benzene rings is 2. The number of carbonyl (C=O) groups excluding carboxylic acids is 1. The van der Waals surface area contributed by atoms with Crippen LogP contribution in [0.15, 0.2) is 48.7 Å². The maximum atomic E-state index is 12.2. The first-order valence-corrected chi connectivity index (χ1v) is 6.43. The van der Waals surface area contributed by atoms with Crippen molar-refractivity contribution in [2.45, 2.75) is 6.92 Å². The van der Waals surface area contributed by atoms with Gasteiger partial charge in [-0.3, -0.25) is 9.48 Å². The molecule has 1 amide bonds. The zero-order valence-electron chi connectivity index (χ0n) is 11.4. The van der Waals surface area contributed by atoms with Gasteiger partial charge in [0.05, 0.1) is 11.7 Å². The van der Waals surface area contributed by atoms with Crippen LogP contribution in [0.3, 0.4) is 0 Å². The molecular formula is C16H15N3O. The summed E-state index contributed by atoms with van der Waals surface area (Å²) in [6.07, 6.45) is 1.79. The van der Waals surface area contributed by atoms with Gasteiger partial charge in [-0.15, -0.1) is 0 Å². The van der Waals surface area contributed by atoms with E-state index in [1.54, 1.807) is 6.20 Å². The lowest BCUT2D eigenvalue weighted by molar-refractivity contribution is 0.102. The Bertz CT molecular complexity index is 789. The van der Waals surface area contributed by atoms with Gasteiger partial charge in [0, 0.05) is 23.7 Å². The van der Waals surface area contributed by atoms with Crippen molar-refractivity contribution in [1.29, 1.82) is 0 Å². The first-order chi connectivity index (χ1) is 9.63. The van der Waals surface area contributed by atoms with Gasteiger partial charge < -0.3 is 5.32 Å². The molecule has 4 heteroatoms. The second-order valence-corrected chi connectivity index (χ2v) is 4.87. The summed E-state index contributed by atoms with van der Waals surface area (Å²) >= 11 is 0. The summed E-state index contributed by atoms with van der Waals surface area (Å²) in [5.41, 5.74) is 3.55. The summed E-state index contributed by atoms with van der Waals surface area (Å²) in [7, 11) is 1.90. The van der Waals surface area contributed by atoms with E-state index >= 15 is 0 Å². The highest BCUT2D eigenvalue weighted by Gasteiger charge is 2.07. The lowest BCUT2D eigenvalue weighted by Crippen LogP contribution is -2.11. The summed E-state index contributed by atoms with van der Waals surface area (Å²) in [5.74, 6) is -0.100. The fourth-order valence-electron chi connectivity index (χ4n) is 2.23. The Morgan fingerprint density at radius 3 is 2.85 bits per heavy atom. The van der Waals surface area contributed by atoms with Crippen molar-refractivity contribution in [3.05, 3.63) is 59.8 Å². The molecule has 1 N–H and O–H groups in total. The van der Waals surface area contributed by atoms with E-state index in [9.17, 15) is 4.79 Å². The van der Waals surface area contributed by atoms with Crippen LogP contribution in [0.1, 0.15) is 15.9 Å². The Hall–Kier alpha value is -2.62. The maximum Gasteiger partial charge on any atom is 0.255 e. The molecule has 2 aromatic carbocycles. The standard InChI is InChI=1S/C16H15N3O/c1-11-4-3-5-12(8-11)16(20)18-14-6-7-15-13(9-14)10-17-19(15)2/h3-10H,1-2H3,(H,18,20). The molecule has 0 aliphatic rings. The molecule has 0 bridgehead atoms. The molecule has 0 fully saturated rings. The molecule has 1 heterocycles. The summed E-state index contributed by atoms with van der Waals surface area (Å²) in [4.78, 5) is 12.2. The number of amides is 1. The van der Waals surface area contributed by atoms with Gasteiger partial charge in [-0.05, 0) is 37.3 Å². The molecule has 0 saturated heterocycles. The minimum absolute atomic E-state index is 0.100. The van der Waals surface area contributed by atoms with E-state index in [1.165, 1.54) is 0 Å². The highest BCUT2D eigenvalue weighted by Crippen LogP contribution is 2.19. The predicted octanol–water partition coefficient (Wildman–Crippen LogP) is 3.13. The van der Waals surface area contributed by atoms with E-state index in [2.05, 4.69) is 10.4 Å². The molecule has 0 unspecified atom stereocenters. The van der Waals surface area contributed by atoms with Gasteiger partial charge in [0.1, 0.15) is 0 Å². The Morgan fingerprint density at radius 2 is 2.05 bits per heavy atom. The average Bonchev–Trinajstić information content (AvgIpc) is 2.80. The Balaban J connectivity index is 1.87. The van der Waals surface area contributed by atoms with Crippen LogP contribution < -0.4 is 5.32 Å². The van der Waals surface area contributed by atoms with E-state index in [1.807, 2.05) is 61.1 Å². The summed E-state index contributed by atoms with van der Waals surface area (Å²) in [6.45, 7) is 1.97. The Morgan fingerprint density at radius 1 is 1.20 bits per heavy atom. The SMILES string of the molecule is Cc1cccc(C(=O)Nc2ccc3c(cnn3C)c2)c1. The lowest BCUT2D eigenvalue weighted by Gasteiger charge is -2.06. The van der Waals surface area contributed by atoms with E-state index in [-0.39, 0.29) is 5.91 Å². The molecule has 3 rings (SSSR count). The van der Waals surface area contributed by atoms with E-state index < -0.39 is 0 Å². The monoisotopic (exact) mass is 265 g/mol. The number of fused-ring (bicyclic) bond motifs is 1. The first-order valence-electron chi connectivity index (χ1n) is 6.43. The number of carbonyl (C=O) groups is 1. The molecular weight excluding hydrogens is 250 g/mol. The molecule has 100 valence electrons. The van der Waals surface area contributed by atoms with E-state index in [0.717, 1.165) is 22.2 Å². The highest BCUT2D eigenvalue weighted by molar-refractivity contribution is 6.05. The van der Waals surface area contributed by atoms with E-state index in [0.29, 0.717) is 5.56 Å². The van der Waals surface area contributed by atoms with Crippen molar-refractivity contribution in [3.8, 4) is 0 Å². The van der Waals surface area contributed by atoms with Crippen LogP contribution in [0.25, 0.3) is 10.9 Å². The topological polar surface area (TPSA) is 46.9 Å². The third-order valence-electron chi connectivity index (χ3n) is 3.28. The number of nitrogens with one attached hydrogen (secondary N) is 1. The zero-order chi connectivity index (χ0) is 14.1. The minimum Gasteiger partial charge on any atom is -0.322 e. The third-order valence-corrected chi connectivity index (χ3v) is 3.28. The van der Waals surface area contributed by atoms with Gasteiger partial charge >= 0.3 is 0 Å². The molecule has 20 heavy (non-hydrogen) atoms. The number of hydrogen-bond acceptors (Lipinski definition) is 2. The molecule has 0 saturated carbocycles. The van der Waals surface area contributed by atoms with Crippen LogP contribution >= 0.6 is 0 Å². The molecule has 0 aliphatic carbocycles. The summed E-state index contributed by atoms with van der Waals surface area (Å²) < 4.78 is 1.81. The van der Waals surface area contributed by atoms with Crippen molar-refractivity contribution in [2.75, 3.05) is 5.32 Å². The normalized spacial score (nSPS) is 10.7. The predicted molar refractivity (Wildman–Crippen MR) is 79.8 cm³/mol. The highest BCUT2D eigenvalue weighted by atomic mass is 16.1. The van der Waals surface area contributed by atoms with Crippen LogP contribution in [-0.2, 0) is 7.05 Å². The van der Waals surface area contributed by atoms with Gasteiger partial charge in [-0.25, -0.2) is 0 Å². The Labute approximate surface area is 117 Å². The van der Waals surface area contributed by atoms with Crippen molar-refractivity contribution in [1.82, 2.24) is 9.78 Å². The zero-order valence-corrected chi connectivity index (χ0v) is 11.4. The van der Waals surface area contributed by atoms with Crippen LogP contribution in [0.4, 0.5) is 5.69 Å². The Kier molecular flexibility index (Phi) is 2.99. The van der Waals surface area contributed by atoms with Gasteiger partial charge in [-0.2, -0.15) is 5.10 Å². The van der Waals surface area contributed by atoms with Crippen molar-refractivity contribution < 1.29 is 4.79 Å². The second kappa shape index (κ2) is 4.81. The van der Waals surface area contributed by atoms with Gasteiger partial charge in [0.2, 0.25) is 0 Å². The second-order valence-electron chi connectivity index (χ2n) is 4.87. The number of aryl methyl sites for hydroxylation is 2. The van der Waals surface area contributed by atoms with Crippen LogP contribution in [0, 0.1) is 6.92 Å². The molecule has 0 radical (unpaired) electrons. The average molecular weight is 265 g/mol. The fourth-order valence-corrected chi connectivity index (χ4v) is 2.23. The number of aromatic nitrogens is 2. The van der Waals surface area contributed by atoms with Crippen LogP contribution in [0.2, 0.25) is 0 Å². The molecule has 4 nitrogen and oxygen atoms in total. The van der Waals surface area contributed by atoms with E-state index in [4.69, 9.17) is 0 Å². The smallest absolute Gasteiger partial charge is 0.255 e. The molecule has 0 spiro atoms. The molecule has 3 aromatic rings. The maximum absolute atomic E-state index is 12.2.